The van der Waals surface area contributed by atoms with Crippen LogP contribution < -0.4 is 5.32 Å². The monoisotopic (exact) mass is 272 g/mol. The van der Waals surface area contributed by atoms with Crippen molar-refractivity contribution in [1.82, 2.24) is 4.98 Å². The van der Waals surface area contributed by atoms with E-state index in [9.17, 15) is 14.7 Å². The Morgan fingerprint density at radius 2 is 1.95 bits per heavy atom. The van der Waals surface area contributed by atoms with Crippen molar-refractivity contribution < 1.29 is 19.8 Å². The number of anilines is 1. The van der Waals surface area contributed by atoms with Gasteiger partial charge in [-0.25, -0.2) is 9.78 Å². The lowest BCUT2D eigenvalue weighted by Crippen LogP contribution is -2.14. The molecule has 0 aliphatic carbocycles. The molecule has 0 radical (unpaired) electrons. The van der Waals surface area contributed by atoms with Crippen LogP contribution in [-0.2, 0) is 0 Å². The number of amides is 1. The molecule has 0 unspecified atom stereocenters. The highest BCUT2D eigenvalue weighted by Gasteiger charge is 2.11. The fourth-order valence-electron chi connectivity index (χ4n) is 1.68. The Hall–Kier alpha value is -2.89. The summed E-state index contributed by atoms with van der Waals surface area (Å²) in [6.07, 6.45) is 1.17. The third-order valence-electron chi connectivity index (χ3n) is 2.71. The number of phenolic OH excluding ortho intramolecular Hbond substituents is 1. The molecule has 1 aromatic heterocycles. The molecule has 3 N–H and O–H groups in total. The number of aromatic carboxylic acids is 1. The molecule has 2 rings (SSSR count). The number of carbonyl (C=O) groups is 2. The van der Waals surface area contributed by atoms with Crippen molar-refractivity contribution >= 4 is 17.7 Å². The summed E-state index contributed by atoms with van der Waals surface area (Å²) < 4.78 is 0. The van der Waals surface area contributed by atoms with Crippen LogP contribution >= 0.6 is 0 Å². The second-order valence-corrected chi connectivity index (χ2v) is 4.19. The van der Waals surface area contributed by atoms with Crippen LogP contribution in [0.5, 0.6) is 5.75 Å². The fourth-order valence-corrected chi connectivity index (χ4v) is 1.68. The number of phenols is 1. The maximum Gasteiger partial charge on any atom is 0.337 e. The Morgan fingerprint density at radius 3 is 2.50 bits per heavy atom. The third-order valence-corrected chi connectivity index (χ3v) is 2.71. The second kappa shape index (κ2) is 5.40. The molecular formula is C14H12N2O4. The maximum absolute atomic E-state index is 12.0. The predicted molar refractivity (Wildman–Crippen MR) is 72.0 cm³/mol. The summed E-state index contributed by atoms with van der Waals surface area (Å²) in [5.74, 6) is -1.11. The molecule has 6 heteroatoms. The molecule has 0 saturated heterocycles. The third kappa shape index (κ3) is 2.92. The first kappa shape index (κ1) is 13.5. The zero-order chi connectivity index (χ0) is 14.7. The maximum atomic E-state index is 12.0. The van der Waals surface area contributed by atoms with Gasteiger partial charge in [0.05, 0.1) is 5.56 Å². The summed E-state index contributed by atoms with van der Waals surface area (Å²) in [5, 5.41) is 20.6. The van der Waals surface area contributed by atoms with Crippen molar-refractivity contribution in [3.8, 4) is 5.75 Å². The first-order chi connectivity index (χ1) is 9.47. The molecule has 0 saturated carbocycles. The van der Waals surface area contributed by atoms with E-state index >= 15 is 0 Å². The number of nitrogens with one attached hydrogen (secondary N) is 1. The Morgan fingerprint density at radius 1 is 1.20 bits per heavy atom. The predicted octanol–water partition coefficient (Wildman–Crippen LogP) is 2.05. The Kier molecular flexibility index (Phi) is 3.65. The average Bonchev–Trinajstić information content (AvgIpc) is 2.39. The number of carbonyl (C=O) groups excluding carboxylic acids is 1. The Bertz CT molecular complexity index is 665. The van der Waals surface area contributed by atoms with Gasteiger partial charge in [-0.15, -0.1) is 0 Å². The van der Waals surface area contributed by atoms with Crippen LogP contribution in [0.2, 0.25) is 0 Å². The van der Waals surface area contributed by atoms with Gasteiger partial charge in [0.2, 0.25) is 0 Å². The number of aromatic nitrogens is 1. The van der Waals surface area contributed by atoms with E-state index in [4.69, 9.17) is 5.11 Å². The molecule has 0 aliphatic heterocycles. The topological polar surface area (TPSA) is 99.5 Å². The Balaban J connectivity index is 2.17. The molecule has 2 aromatic rings. The number of benzene rings is 1. The summed E-state index contributed by atoms with van der Waals surface area (Å²) >= 11 is 0. The number of carboxylic acid groups (broad SMARTS) is 1. The van der Waals surface area contributed by atoms with E-state index in [-0.39, 0.29) is 23.0 Å². The normalized spacial score (nSPS) is 10.1. The van der Waals surface area contributed by atoms with Gasteiger partial charge in [0.15, 0.2) is 0 Å². The number of carboxylic acids is 1. The number of aryl methyl sites for hydroxylation is 1. The van der Waals surface area contributed by atoms with Gasteiger partial charge in [0, 0.05) is 11.8 Å². The molecule has 0 spiro atoms. The first-order valence-corrected chi connectivity index (χ1v) is 5.77. The lowest BCUT2D eigenvalue weighted by molar-refractivity contribution is 0.0696. The quantitative estimate of drug-likeness (QED) is 0.794. The summed E-state index contributed by atoms with van der Waals surface area (Å²) in [6, 6.07) is 7.18. The van der Waals surface area contributed by atoms with E-state index < -0.39 is 5.97 Å². The van der Waals surface area contributed by atoms with Gasteiger partial charge in [0.1, 0.15) is 11.6 Å². The number of aromatic hydroxyl groups is 1. The van der Waals surface area contributed by atoms with E-state index in [1.807, 2.05) is 0 Å². The van der Waals surface area contributed by atoms with Gasteiger partial charge >= 0.3 is 5.97 Å². The SMILES string of the molecule is Cc1cc(O)ccc1C(=O)Nc1ccc(C(=O)O)cn1. The number of hydrogen-bond acceptors (Lipinski definition) is 4. The zero-order valence-electron chi connectivity index (χ0n) is 10.6. The van der Waals surface area contributed by atoms with Gasteiger partial charge in [-0.3, -0.25) is 4.79 Å². The molecule has 0 fully saturated rings. The van der Waals surface area contributed by atoms with Gasteiger partial charge in [0.25, 0.3) is 5.91 Å². The van der Waals surface area contributed by atoms with Crippen molar-refractivity contribution in [3.63, 3.8) is 0 Å². The van der Waals surface area contributed by atoms with Gasteiger partial charge in [-0.1, -0.05) is 0 Å². The minimum atomic E-state index is -1.08. The van der Waals surface area contributed by atoms with Crippen molar-refractivity contribution in [2.45, 2.75) is 6.92 Å². The largest absolute Gasteiger partial charge is 0.508 e. The summed E-state index contributed by atoms with van der Waals surface area (Å²) in [7, 11) is 0. The lowest BCUT2D eigenvalue weighted by atomic mass is 10.1. The van der Waals surface area contributed by atoms with E-state index in [0.29, 0.717) is 11.1 Å². The van der Waals surface area contributed by atoms with E-state index in [1.165, 1.54) is 36.5 Å². The molecule has 1 heterocycles. The molecule has 0 atom stereocenters. The van der Waals surface area contributed by atoms with Gasteiger partial charge in [-0.2, -0.15) is 0 Å². The van der Waals surface area contributed by atoms with E-state index in [1.54, 1.807) is 6.92 Å². The number of hydrogen-bond donors (Lipinski definition) is 3. The van der Waals surface area contributed by atoms with Crippen LogP contribution in [0.1, 0.15) is 26.3 Å². The summed E-state index contributed by atoms with van der Waals surface area (Å²) in [6.45, 7) is 1.70. The number of rotatable bonds is 3. The minimum absolute atomic E-state index is 0.0452. The fraction of sp³-hybridized carbons (Fsp3) is 0.0714. The first-order valence-electron chi connectivity index (χ1n) is 5.77. The van der Waals surface area contributed by atoms with Crippen molar-refractivity contribution in [3.05, 3.63) is 53.2 Å². The molecule has 20 heavy (non-hydrogen) atoms. The van der Waals surface area contributed by atoms with Crippen LogP contribution in [0.25, 0.3) is 0 Å². The molecular weight excluding hydrogens is 260 g/mol. The van der Waals surface area contributed by atoms with Crippen LogP contribution in [0.3, 0.4) is 0 Å². The van der Waals surface area contributed by atoms with Gasteiger partial charge in [-0.05, 0) is 42.8 Å². The van der Waals surface area contributed by atoms with Crippen molar-refractivity contribution in [1.29, 1.82) is 0 Å². The lowest BCUT2D eigenvalue weighted by Gasteiger charge is -2.07. The highest BCUT2D eigenvalue weighted by molar-refractivity contribution is 6.05. The molecule has 1 amide bonds. The average molecular weight is 272 g/mol. The van der Waals surface area contributed by atoms with Crippen LogP contribution in [0.15, 0.2) is 36.5 Å². The number of nitrogens with zero attached hydrogens (tertiary/aromatic N) is 1. The highest BCUT2D eigenvalue weighted by atomic mass is 16.4. The van der Waals surface area contributed by atoms with Crippen LogP contribution in [-0.4, -0.2) is 27.1 Å². The molecule has 102 valence electrons. The van der Waals surface area contributed by atoms with Crippen LogP contribution in [0, 0.1) is 6.92 Å². The zero-order valence-corrected chi connectivity index (χ0v) is 10.6. The van der Waals surface area contributed by atoms with Crippen LogP contribution in [0.4, 0.5) is 5.82 Å². The molecule has 0 bridgehead atoms. The molecule has 0 aliphatic rings. The van der Waals surface area contributed by atoms with Gasteiger partial charge < -0.3 is 15.5 Å². The Labute approximate surface area is 114 Å². The van der Waals surface area contributed by atoms with E-state index in [0.717, 1.165) is 0 Å². The van der Waals surface area contributed by atoms with Crippen molar-refractivity contribution in [2.75, 3.05) is 5.32 Å². The molecule has 1 aromatic carbocycles. The standard InChI is InChI=1S/C14H12N2O4/c1-8-6-10(17)3-4-11(8)13(18)16-12-5-2-9(7-15-12)14(19)20/h2-7,17H,1H3,(H,19,20)(H,15,16,18). The minimum Gasteiger partial charge on any atom is -0.508 e. The second-order valence-electron chi connectivity index (χ2n) is 4.19. The molecule has 6 nitrogen and oxygen atoms in total. The van der Waals surface area contributed by atoms with E-state index in [2.05, 4.69) is 10.3 Å². The van der Waals surface area contributed by atoms with Crippen molar-refractivity contribution in [2.24, 2.45) is 0 Å². The number of pyridine rings is 1. The highest BCUT2D eigenvalue weighted by Crippen LogP contribution is 2.17. The summed E-state index contributed by atoms with van der Waals surface area (Å²) in [4.78, 5) is 26.5. The smallest absolute Gasteiger partial charge is 0.337 e. The summed E-state index contributed by atoms with van der Waals surface area (Å²) in [5.41, 5.74) is 1.08.